The molecule has 0 spiro atoms. The fourth-order valence-corrected chi connectivity index (χ4v) is 2.30. The van der Waals surface area contributed by atoms with Gasteiger partial charge in [-0.15, -0.1) is 0 Å². The molecule has 0 radical (unpaired) electrons. The van der Waals surface area contributed by atoms with Gasteiger partial charge in [-0.05, 0) is 31.2 Å². The first-order valence-electron chi connectivity index (χ1n) is 7.17. The van der Waals surface area contributed by atoms with E-state index in [4.69, 9.17) is 5.11 Å². The van der Waals surface area contributed by atoms with E-state index in [-0.39, 0.29) is 12.5 Å². The van der Waals surface area contributed by atoms with Crippen LogP contribution in [0, 0.1) is 0 Å². The number of carboxylic acid groups (broad SMARTS) is 1. The van der Waals surface area contributed by atoms with E-state index in [0.29, 0.717) is 12.5 Å². The Bertz CT molecular complexity index is 360. The predicted molar refractivity (Wildman–Crippen MR) is 78.3 cm³/mol. The van der Waals surface area contributed by atoms with E-state index in [0.717, 1.165) is 19.3 Å². The molecule has 1 rings (SSSR count). The molecule has 2 N–H and O–H groups in total. The molecular weight excluding hydrogens is 238 g/mol. The van der Waals surface area contributed by atoms with Gasteiger partial charge >= 0.3 is 5.97 Å². The zero-order valence-corrected chi connectivity index (χ0v) is 11.9. The van der Waals surface area contributed by atoms with Crippen LogP contribution in [-0.2, 0) is 11.2 Å². The Kier molecular flexibility index (Phi) is 7.19. The number of hydrogen-bond donors (Lipinski definition) is 2. The fraction of sp³-hybridized carbons (Fsp3) is 0.562. The molecule has 0 aliphatic carbocycles. The highest BCUT2D eigenvalue weighted by Crippen LogP contribution is 2.10. The van der Waals surface area contributed by atoms with Gasteiger partial charge in [0.1, 0.15) is 0 Å². The summed E-state index contributed by atoms with van der Waals surface area (Å²) in [6.45, 7) is 4.33. The number of rotatable bonds is 9. The van der Waals surface area contributed by atoms with Crippen molar-refractivity contribution in [3.05, 3.63) is 35.9 Å². The molecule has 0 aliphatic heterocycles. The lowest BCUT2D eigenvalue weighted by molar-refractivity contribution is -0.137. The highest BCUT2D eigenvalue weighted by Gasteiger charge is 2.15. The van der Waals surface area contributed by atoms with Crippen molar-refractivity contribution < 1.29 is 9.90 Å². The lowest BCUT2D eigenvalue weighted by Gasteiger charge is -2.24. The average Bonchev–Trinajstić information content (AvgIpc) is 2.42. The van der Waals surface area contributed by atoms with Gasteiger partial charge in [0, 0.05) is 18.5 Å². The maximum Gasteiger partial charge on any atom is 0.303 e. The summed E-state index contributed by atoms with van der Waals surface area (Å²) in [6, 6.07) is 11.0. The van der Waals surface area contributed by atoms with Gasteiger partial charge in [0.25, 0.3) is 0 Å². The van der Waals surface area contributed by atoms with Crippen LogP contribution in [0.15, 0.2) is 30.3 Å². The number of benzene rings is 1. The zero-order valence-electron chi connectivity index (χ0n) is 11.9. The fourth-order valence-electron chi connectivity index (χ4n) is 2.30. The molecule has 0 bridgehead atoms. The summed E-state index contributed by atoms with van der Waals surface area (Å²) in [4.78, 5) is 10.8. The van der Waals surface area contributed by atoms with Crippen molar-refractivity contribution in [2.45, 2.75) is 58.0 Å². The molecule has 19 heavy (non-hydrogen) atoms. The summed E-state index contributed by atoms with van der Waals surface area (Å²) in [7, 11) is 0. The van der Waals surface area contributed by atoms with E-state index >= 15 is 0 Å². The average molecular weight is 263 g/mol. The van der Waals surface area contributed by atoms with Crippen molar-refractivity contribution in [2.24, 2.45) is 0 Å². The van der Waals surface area contributed by atoms with E-state index in [1.165, 1.54) is 5.56 Å². The van der Waals surface area contributed by atoms with Crippen LogP contribution in [0.1, 0.15) is 45.1 Å². The number of nitrogens with one attached hydrogen (secondary N) is 1. The molecule has 1 aromatic carbocycles. The van der Waals surface area contributed by atoms with Crippen molar-refractivity contribution in [3.63, 3.8) is 0 Å². The Morgan fingerprint density at radius 1 is 1.16 bits per heavy atom. The molecule has 106 valence electrons. The van der Waals surface area contributed by atoms with E-state index < -0.39 is 5.97 Å². The first-order chi connectivity index (χ1) is 9.15. The van der Waals surface area contributed by atoms with Crippen molar-refractivity contribution >= 4 is 5.97 Å². The van der Waals surface area contributed by atoms with E-state index in [1.807, 2.05) is 18.2 Å². The van der Waals surface area contributed by atoms with Crippen LogP contribution in [0.25, 0.3) is 0 Å². The molecule has 0 amide bonds. The molecule has 1 unspecified atom stereocenters. The number of carbonyl (C=O) groups is 1. The third-order valence-electron chi connectivity index (χ3n) is 3.49. The Hall–Kier alpha value is -1.35. The van der Waals surface area contributed by atoms with Crippen LogP contribution in [0.5, 0.6) is 0 Å². The van der Waals surface area contributed by atoms with E-state index in [9.17, 15) is 4.79 Å². The smallest absolute Gasteiger partial charge is 0.303 e. The molecular formula is C16H25NO2. The Morgan fingerprint density at radius 2 is 1.79 bits per heavy atom. The first-order valence-corrected chi connectivity index (χ1v) is 7.17. The Labute approximate surface area is 116 Å². The molecule has 0 saturated heterocycles. The molecule has 0 saturated carbocycles. The van der Waals surface area contributed by atoms with Crippen LogP contribution in [-0.4, -0.2) is 23.2 Å². The minimum atomic E-state index is -0.718. The first kappa shape index (κ1) is 15.7. The normalized spacial score (nSPS) is 12.6. The highest BCUT2D eigenvalue weighted by molar-refractivity contribution is 5.66. The topological polar surface area (TPSA) is 49.3 Å². The maximum absolute atomic E-state index is 10.8. The molecule has 3 heteroatoms. The standard InChI is InChI=1S/C16H25NO2/c1-3-14(4-2)17-15(10-11-16(18)19)12-13-8-6-5-7-9-13/h5-9,14-15,17H,3-4,10-12H2,1-2H3,(H,18,19). The zero-order chi connectivity index (χ0) is 14.1. The number of aliphatic carboxylic acids is 1. The third kappa shape index (κ3) is 6.39. The lowest BCUT2D eigenvalue weighted by Crippen LogP contribution is -2.39. The predicted octanol–water partition coefficient (Wildman–Crippen LogP) is 3.24. The van der Waals surface area contributed by atoms with Crippen molar-refractivity contribution in [1.29, 1.82) is 0 Å². The second-order valence-corrected chi connectivity index (χ2v) is 5.00. The van der Waals surface area contributed by atoms with Crippen LogP contribution >= 0.6 is 0 Å². The molecule has 0 heterocycles. The summed E-state index contributed by atoms with van der Waals surface area (Å²) >= 11 is 0. The van der Waals surface area contributed by atoms with Gasteiger partial charge in [0.05, 0.1) is 0 Å². The second kappa shape index (κ2) is 8.70. The van der Waals surface area contributed by atoms with Gasteiger partial charge in [-0.2, -0.15) is 0 Å². The van der Waals surface area contributed by atoms with Crippen molar-refractivity contribution in [1.82, 2.24) is 5.32 Å². The minimum absolute atomic E-state index is 0.227. The van der Waals surface area contributed by atoms with Gasteiger partial charge in [-0.25, -0.2) is 0 Å². The van der Waals surface area contributed by atoms with Crippen LogP contribution in [0.2, 0.25) is 0 Å². The van der Waals surface area contributed by atoms with Crippen molar-refractivity contribution in [2.75, 3.05) is 0 Å². The molecule has 1 aromatic rings. The number of hydrogen-bond acceptors (Lipinski definition) is 2. The minimum Gasteiger partial charge on any atom is -0.481 e. The van der Waals surface area contributed by atoms with Gasteiger partial charge in [-0.3, -0.25) is 4.79 Å². The third-order valence-corrected chi connectivity index (χ3v) is 3.49. The van der Waals surface area contributed by atoms with Gasteiger partial charge in [0.2, 0.25) is 0 Å². The molecule has 0 aromatic heterocycles. The molecule has 1 atom stereocenters. The van der Waals surface area contributed by atoms with Gasteiger partial charge in [0.15, 0.2) is 0 Å². The Morgan fingerprint density at radius 3 is 2.32 bits per heavy atom. The molecule has 0 fully saturated rings. The van der Waals surface area contributed by atoms with Gasteiger partial charge in [-0.1, -0.05) is 44.2 Å². The molecule has 0 aliphatic rings. The monoisotopic (exact) mass is 263 g/mol. The van der Waals surface area contributed by atoms with Crippen molar-refractivity contribution in [3.8, 4) is 0 Å². The SMILES string of the molecule is CCC(CC)NC(CCC(=O)O)Cc1ccccc1. The summed E-state index contributed by atoms with van der Waals surface area (Å²) in [5, 5.41) is 12.4. The van der Waals surface area contributed by atoms with Crippen LogP contribution < -0.4 is 5.32 Å². The Balaban J connectivity index is 2.60. The van der Waals surface area contributed by atoms with E-state index in [2.05, 4.69) is 31.3 Å². The summed E-state index contributed by atoms with van der Waals surface area (Å²) in [5.41, 5.74) is 1.26. The quantitative estimate of drug-likeness (QED) is 0.719. The summed E-state index contributed by atoms with van der Waals surface area (Å²) in [5.74, 6) is -0.718. The van der Waals surface area contributed by atoms with E-state index in [1.54, 1.807) is 0 Å². The number of carboxylic acids is 1. The van der Waals surface area contributed by atoms with Crippen LogP contribution in [0.3, 0.4) is 0 Å². The lowest BCUT2D eigenvalue weighted by atomic mass is 10.00. The van der Waals surface area contributed by atoms with Crippen LogP contribution in [0.4, 0.5) is 0 Å². The second-order valence-electron chi connectivity index (χ2n) is 5.00. The largest absolute Gasteiger partial charge is 0.481 e. The summed E-state index contributed by atoms with van der Waals surface area (Å²) in [6.07, 6.45) is 3.96. The maximum atomic E-state index is 10.8. The highest BCUT2D eigenvalue weighted by atomic mass is 16.4. The summed E-state index contributed by atoms with van der Waals surface area (Å²) < 4.78 is 0. The molecule has 3 nitrogen and oxygen atoms in total. The van der Waals surface area contributed by atoms with Gasteiger partial charge < -0.3 is 10.4 Å².